The summed E-state index contributed by atoms with van der Waals surface area (Å²) in [5, 5.41) is 9.32. The Morgan fingerprint density at radius 1 is 1.24 bits per heavy atom. The first-order valence-corrected chi connectivity index (χ1v) is 8.21. The maximum atomic E-state index is 12.0. The van der Waals surface area contributed by atoms with Crippen molar-refractivity contribution >= 4 is 17.5 Å². The van der Waals surface area contributed by atoms with Crippen LogP contribution in [0.15, 0.2) is 29.4 Å². The van der Waals surface area contributed by atoms with E-state index >= 15 is 0 Å². The Morgan fingerprint density at radius 3 is 2.86 bits per heavy atom. The fourth-order valence-electron chi connectivity index (χ4n) is 2.69. The summed E-state index contributed by atoms with van der Waals surface area (Å²) >= 11 is 1.56. The second-order valence-electron chi connectivity index (χ2n) is 5.52. The van der Waals surface area contributed by atoms with Crippen molar-refractivity contribution in [2.24, 2.45) is 0 Å². The third-order valence-electron chi connectivity index (χ3n) is 3.80. The smallest absolute Gasteiger partial charge is 0.196 e. The summed E-state index contributed by atoms with van der Waals surface area (Å²) in [5.41, 5.74) is 2.26. The zero-order valence-corrected chi connectivity index (χ0v) is 13.2. The number of hydrogen-bond acceptors (Lipinski definition) is 4. The van der Waals surface area contributed by atoms with E-state index in [1.807, 2.05) is 17.6 Å². The summed E-state index contributed by atoms with van der Waals surface area (Å²) in [7, 11) is 0. The number of nitrogens with zero attached hydrogens (tertiary/aromatic N) is 3. The van der Waals surface area contributed by atoms with Gasteiger partial charge in [0.25, 0.3) is 0 Å². The maximum absolute atomic E-state index is 12.0. The Bertz CT molecular complexity index is 665. The van der Waals surface area contributed by atoms with E-state index in [9.17, 15) is 4.79 Å². The Labute approximate surface area is 129 Å². The van der Waals surface area contributed by atoms with Crippen LogP contribution < -0.4 is 0 Å². The first-order chi connectivity index (χ1) is 10.1. The Balaban J connectivity index is 1.92. The molecular weight excluding hydrogens is 282 g/mol. The summed E-state index contributed by atoms with van der Waals surface area (Å²) in [4.78, 5) is 12.0. The van der Waals surface area contributed by atoms with Gasteiger partial charge in [0.05, 0.1) is 5.25 Å². The van der Waals surface area contributed by atoms with E-state index in [1.54, 1.807) is 11.8 Å². The van der Waals surface area contributed by atoms with E-state index in [-0.39, 0.29) is 5.25 Å². The van der Waals surface area contributed by atoms with Crippen LogP contribution in [0.2, 0.25) is 0 Å². The Morgan fingerprint density at radius 2 is 2.10 bits per heavy atom. The van der Waals surface area contributed by atoms with Crippen LogP contribution >= 0.6 is 11.8 Å². The first-order valence-electron chi connectivity index (χ1n) is 7.33. The largest absolute Gasteiger partial charge is 0.298 e. The molecular formula is C16H19N3OS. The number of benzene rings is 1. The van der Waals surface area contributed by atoms with Crippen molar-refractivity contribution in [1.29, 1.82) is 0 Å². The number of hydrogen-bond donors (Lipinski definition) is 0. The van der Waals surface area contributed by atoms with E-state index in [0.29, 0.717) is 12.2 Å². The lowest BCUT2D eigenvalue weighted by atomic mass is 9.99. The molecule has 2 aromatic rings. The topological polar surface area (TPSA) is 47.8 Å². The van der Waals surface area contributed by atoms with Crippen LogP contribution in [0.4, 0.5) is 0 Å². The lowest BCUT2D eigenvalue weighted by Crippen LogP contribution is -2.21. The number of ketones is 1. The fourth-order valence-corrected chi connectivity index (χ4v) is 3.91. The van der Waals surface area contributed by atoms with E-state index in [2.05, 4.69) is 35.3 Å². The second kappa shape index (κ2) is 6.02. The number of carbonyl (C=O) groups is 1. The quantitative estimate of drug-likeness (QED) is 0.870. The standard InChI is InChI=1S/C16H19N3OS/c1-11-6-5-7-13(10-11)19-12(2)17-18-16(19)21-15-9-4-3-8-14(15)20/h5-7,10,15H,3-4,8-9H2,1-2H3/t15-/m0/s1. The molecule has 1 aliphatic rings. The molecule has 1 atom stereocenters. The van der Waals surface area contributed by atoms with Gasteiger partial charge in [-0.05, 0) is 44.4 Å². The van der Waals surface area contributed by atoms with Crippen molar-refractivity contribution in [1.82, 2.24) is 14.8 Å². The zero-order valence-electron chi connectivity index (χ0n) is 12.4. The van der Waals surface area contributed by atoms with Crippen molar-refractivity contribution in [2.45, 2.75) is 49.9 Å². The highest BCUT2D eigenvalue weighted by molar-refractivity contribution is 8.00. The molecule has 0 aliphatic heterocycles. The number of rotatable bonds is 3. The van der Waals surface area contributed by atoms with Gasteiger partial charge >= 0.3 is 0 Å². The van der Waals surface area contributed by atoms with Gasteiger partial charge in [-0.15, -0.1) is 10.2 Å². The van der Waals surface area contributed by atoms with Gasteiger partial charge in [-0.25, -0.2) is 0 Å². The minimum Gasteiger partial charge on any atom is -0.298 e. The molecule has 0 radical (unpaired) electrons. The molecule has 0 N–H and O–H groups in total. The van der Waals surface area contributed by atoms with Crippen molar-refractivity contribution in [3.8, 4) is 5.69 Å². The summed E-state index contributed by atoms with van der Waals surface area (Å²) in [6.45, 7) is 4.02. The molecule has 1 heterocycles. The van der Waals surface area contributed by atoms with Crippen molar-refractivity contribution in [2.75, 3.05) is 0 Å². The monoisotopic (exact) mass is 301 g/mol. The summed E-state index contributed by atoms with van der Waals surface area (Å²) in [5.74, 6) is 1.20. The highest BCUT2D eigenvalue weighted by atomic mass is 32.2. The van der Waals surface area contributed by atoms with Crippen LogP contribution in [0.5, 0.6) is 0 Å². The van der Waals surface area contributed by atoms with E-state index in [0.717, 1.165) is 35.9 Å². The number of aryl methyl sites for hydroxylation is 2. The highest BCUT2D eigenvalue weighted by Gasteiger charge is 2.26. The normalized spacial score (nSPS) is 19.0. The molecule has 110 valence electrons. The third kappa shape index (κ3) is 3.02. The van der Waals surface area contributed by atoms with Gasteiger partial charge in [0, 0.05) is 12.1 Å². The molecule has 5 heteroatoms. The molecule has 0 spiro atoms. The van der Waals surface area contributed by atoms with Gasteiger partial charge in [0.1, 0.15) is 11.6 Å². The van der Waals surface area contributed by atoms with Crippen LogP contribution in [0, 0.1) is 13.8 Å². The second-order valence-corrected chi connectivity index (χ2v) is 6.69. The summed E-state index contributed by atoms with van der Waals surface area (Å²) in [6.07, 6.45) is 3.80. The molecule has 0 bridgehead atoms. The molecule has 4 nitrogen and oxygen atoms in total. The first kappa shape index (κ1) is 14.3. The van der Waals surface area contributed by atoms with Crippen molar-refractivity contribution in [3.63, 3.8) is 0 Å². The lowest BCUT2D eigenvalue weighted by Gasteiger charge is -2.19. The molecule has 3 rings (SSSR count). The molecule has 0 saturated heterocycles. The summed E-state index contributed by atoms with van der Waals surface area (Å²) in [6, 6.07) is 8.27. The van der Waals surface area contributed by atoms with Gasteiger partial charge in [-0.3, -0.25) is 9.36 Å². The SMILES string of the molecule is Cc1cccc(-n2c(C)nnc2S[C@H]2CCCCC2=O)c1. The average molecular weight is 301 g/mol. The highest BCUT2D eigenvalue weighted by Crippen LogP contribution is 2.32. The van der Waals surface area contributed by atoms with Gasteiger partial charge in [-0.1, -0.05) is 30.3 Å². The molecule has 21 heavy (non-hydrogen) atoms. The number of aromatic nitrogens is 3. The Hall–Kier alpha value is -1.62. The average Bonchev–Trinajstić information content (AvgIpc) is 2.82. The van der Waals surface area contributed by atoms with Gasteiger partial charge < -0.3 is 0 Å². The molecule has 1 aromatic carbocycles. The molecule has 1 saturated carbocycles. The van der Waals surface area contributed by atoms with Gasteiger partial charge in [0.2, 0.25) is 0 Å². The summed E-state index contributed by atoms with van der Waals surface area (Å²) < 4.78 is 2.04. The molecule has 1 aromatic heterocycles. The van der Waals surface area contributed by atoms with Crippen LogP contribution in [0.25, 0.3) is 5.69 Å². The number of Topliss-reactive ketones (excluding diaryl/α,β-unsaturated/α-hetero) is 1. The molecule has 0 amide bonds. The van der Waals surface area contributed by atoms with E-state index < -0.39 is 0 Å². The van der Waals surface area contributed by atoms with Crippen LogP contribution in [0.1, 0.15) is 37.1 Å². The van der Waals surface area contributed by atoms with E-state index in [4.69, 9.17) is 0 Å². The number of carbonyl (C=O) groups excluding carboxylic acids is 1. The zero-order chi connectivity index (χ0) is 14.8. The van der Waals surface area contributed by atoms with Crippen LogP contribution in [-0.2, 0) is 4.79 Å². The van der Waals surface area contributed by atoms with Crippen molar-refractivity contribution in [3.05, 3.63) is 35.7 Å². The predicted molar refractivity (Wildman–Crippen MR) is 84.0 cm³/mol. The predicted octanol–water partition coefficient (Wildman–Crippen LogP) is 3.49. The number of thioether (sulfide) groups is 1. The lowest BCUT2D eigenvalue weighted by molar-refractivity contribution is -0.119. The fraction of sp³-hybridized carbons (Fsp3) is 0.438. The van der Waals surface area contributed by atoms with E-state index in [1.165, 1.54) is 5.56 Å². The minimum absolute atomic E-state index is 0.0332. The minimum atomic E-state index is 0.0332. The molecule has 1 aliphatic carbocycles. The molecule has 1 fully saturated rings. The van der Waals surface area contributed by atoms with Gasteiger partial charge in [0.15, 0.2) is 5.16 Å². The van der Waals surface area contributed by atoms with Crippen LogP contribution in [0.3, 0.4) is 0 Å². The van der Waals surface area contributed by atoms with Gasteiger partial charge in [-0.2, -0.15) is 0 Å². The Kier molecular flexibility index (Phi) is 4.10. The third-order valence-corrected chi connectivity index (χ3v) is 5.06. The van der Waals surface area contributed by atoms with Crippen LogP contribution in [-0.4, -0.2) is 25.8 Å². The van der Waals surface area contributed by atoms with Crippen molar-refractivity contribution < 1.29 is 4.79 Å². The maximum Gasteiger partial charge on any atom is 0.196 e. The molecule has 0 unspecified atom stereocenters.